The molecule has 2 heteroatoms. The average Bonchev–Trinajstić information content (AvgIpc) is 2.74. The van der Waals surface area contributed by atoms with Gasteiger partial charge in [0.2, 0.25) is 0 Å². The van der Waals surface area contributed by atoms with Gasteiger partial charge in [-0.15, -0.1) is 0 Å². The smallest absolute Gasteiger partial charge is 0.137 e. The lowest BCUT2D eigenvalue weighted by molar-refractivity contribution is 0.305. The van der Waals surface area contributed by atoms with E-state index in [4.69, 9.17) is 16.3 Å². The molecule has 0 saturated heterocycles. The number of hydrogen-bond donors (Lipinski definition) is 0. The van der Waals surface area contributed by atoms with E-state index in [1.54, 1.807) is 0 Å². The number of rotatable bonds is 10. The predicted octanol–water partition coefficient (Wildman–Crippen LogP) is 8.48. The van der Waals surface area contributed by atoms with Crippen LogP contribution in [0.4, 0.5) is 0 Å². The van der Waals surface area contributed by atoms with Crippen LogP contribution in [-0.4, -0.2) is 6.61 Å². The van der Waals surface area contributed by atoms with Crippen molar-refractivity contribution in [1.29, 1.82) is 0 Å². The number of hydrogen-bond acceptors (Lipinski definition) is 1. The van der Waals surface area contributed by atoms with Crippen molar-refractivity contribution in [2.24, 2.45) is 5.92 Å². The van der Waals surface area contributed by atoms with Gasteiger partial charge in [0.05, 0.1) is 11.6 Å². The molecule has 0 aliphatic heterocycles. The lowest BCUT2D eigenvalue weighted by Gasteiger charge is -2.21. The molecule has 0 N–H and O–H groups in total. The molecule has 0 amide bonds. The maximum atomic E-state index is 6.46. The van der Waals surface area contributed by atoms with E-state index in [1.807, 2.05) is 12.1 Å². The molecule has 0 unspecified atom stereocenters. The van der Waals surface area contributed by atoms with Crippen LogP contribution in [0.2, 0.25) is 5.02 Å². The summed E-state index contributed by atoms with van der Waals surface area (Å²) in [6, 6.07) is 15.2. The van der Waals surface area contributed by atoms with E-state index in [0.717, 1.165) is 30.3 Å². The molecule has 152 valence electrons. The normalized spacial score (nSPS) is 14.9. The highest BCUT2D eigenvalue weighted by Crippen LogP contribution is 2.31. The number of unbranched alkanes of at least 4 members (excludes halogenated alkanes) is 3. The van der Waals surface area contributed by atoms with Gasteiger partial charge in [0.1, 0.15) is 5.75 Å². The third-order valence-electron chi connectivity index (χ3n) is 6.04. The van der Waals surface area contributed by atoms with E-state index in [9.17, 15) is 0 Å². The second-order valence-electron chi connectivity index (χ2n) is 8.29. The topological polar surface area (TPSA) is 9.23 Å². The van der Waals surface area contributed by atoms with Gasteiger partial charge < -0.3 is 4.74 Å². The molecular formula is C26H35ClO. The highest BCUT2D eigenvalue weighted by Gasteiger charge is 2.13. The summed E-state index contributed by atoms with van der Waals surface area (Å²) in [6.45, 7) is 2.97. The Labute approximate surface area is 176 Å². The SMILES string of the molecule is CCCCCCOc1ccc(-c2ccc(CCC3CCCCC3)cc2)cc1Cl. The Morgan fingerprint density at radius 1 is 0.893 bits per heavy atom. The molecule has 0 heterocycles. The quantitative estimate of drug-likeness (QED) is 0.364. The second kappa shape index (κ2) is 11.5. The third kappa shape index (κ3) is 6.55. The molecule has 2 aromatic rings. The molecule has 1 saturated carbocycles. The third-order valence-corrected chi connectivity index (χ3v) is 6.34. The summed E-state index contributed by atoms with van der Waals surface area (Å²) >= 11 is 6.46. The number of aryl methyl sites for hydroxylation is 1. The highest BCUT2D eigenvalue weighted by atomic mass is 35.5. The van der Waals surface area contributed by atoms with Crippen LogP contribution in [0, 0.1) is 5.92 Å². The Kier molecular flexibility index (Phi) is 8.73. The second-order valence-corrected chi connectivity index (χ2v) is 8.70. The summed E-state index contributed by atoms with van der Waals surface area (Å²) in [5.41, 5.74) is 3.83. The molecule has 0 radical (unpaired) electrons. The van der Waals surface area contributed by atoms with Gasteiger partial charge in [-0.05, 0) is 54.0 Å². The molecule has 28 heavy (non-hydrogen) atoms. The van der Waals surface area contributed by atoms with Crippen molar-refractivity contribution in [2.75, 3.05) is 6.61 Å². The van der Waals surface area contributed by atoms with E-state index in [2.05, 4.69) is 37.3 Å². The first kappa shape index (κ1) is 21.2. The zero-order valence-electron chi connectivity index (χ0n) is 17.4. The fourth-order valence-electron chi connectivity index (χ4n) is 4.22. The van der Waals surface area contributed by atoms with Crippen molar-refractivity contribution in [2.45, 2.75) is 77.6 Å². The van der Waals surface area contributed by atoms with Crippen LogP contribution in [0.1, 0.15) is 76.7 Å². The van der Waals surface area contributed by atoms with Gasteiger partial charge >= 0.3 is 0 Å². The molecule has 1 aliphatic carbocycles. The molecule has 1 nitrogen and oxygen atoms in total. The first-order valence-corrected chi connectivity index (χ1v) is 11.7. The fraction of sp³-hybridized carbons (Fsp3) is 0.538. The van der Waals surface area contributed by atoms with Crippen LogP contribution in [0.15, 0.2) is 42.5 Å². The van der Waals surface area contributed by atoms with Crippen molar-refractivity contribution in [3.63, 3.8) is 0 Å². The summed E-state index contributed by atoms with van der Waals surface area (Å²) in [4.78, 5) is 0. The van der Waals surface area contributed by atoms with Crippen LogP contribution in [-0.2, 0) is 6.42 Å². The van der Waals surface area contributed by atoms with Gasteiger partial charge in [-0.25, -0.2) is 0 Å². The molecule has 0 atom stereocenters. The van der Waals surface area contributed by atoms with Crippen LogP contribution >= 0.6 is 11.6 Å². The molecule has 1 aliphatic rings. The minimum absolute atomic E-state index is 0.703. The standard InChI is InChI=1S/C26H35ClO/c1-2-3-4-8-19-28-26-18-17-24(20-25(26)27)23-15-13-22(14-16-23)12-11-21-9-6-5-7-10-21/h13-18,20-21H,2-12,19H2,1H3. The Morgan fingerprint density at radius 3 is 2.36 bits per heavy atom. The molecule has 0 spiro atoms. The highest BCUT2D eigenvalue weighted by molar-refractivity contribution is 6.32. The van der Waals surface area contributed by atoms with Gasteiger partial charge in [-0.3, -0.25) is 0 Å². The maximum Gasteiger partial charge on any atom is 0.137 e. The average molecular weight is 399 g/mol. The monoisotopic (exact) mass is 398 g/mol. The molecule has 2 aromatic carbocycles. The zero-order chi connectivity index (χ0) is 19.6. The van der Waals surface area contributed by atoms with Crippen molar-refractivity contribution >= 4 is 11.6 Å². The van der Waals surface area contributed by atoms with E-state index >= 15 is 0 Å². The first-order chi connectivity index (χ1) is 13.8. The Morgan fingerprint density at radius 2 is 1.64 bits per heavy atom. The van der Waals surface area contributed by atoms with Gasteiger partial charge in [0.25, 0.3) is 0 Å². The lowest BCUT2D eigenvalue weighted by atomic mass is 9.85. The Balaban J connectivity index is 1.52. The van der Waals surface area contributed by atoms with E-state index < -0.39 is 0 Å². The lowest BCUT2D eigenvalue weighted by Crippen LogP contribution is -2.07. The van der Waals surface area contributed by atoms with Crippen LogP contribution in [0.5, 0.6) is 5.75 Å². The summed E-state index contributed by atoms with van der Waals surface area (Å²) in [5.74, 6) is 1.74. The van der Waals surface area contributed by atoms with Crippen molar-refractivity contribution in [3.05, 3.63) is 53.1 Å². The summed E-state index contributed by atoms with van der Waals surface area (Å²) in [5, 5.41) is 0.703. The van der Waals surface area contributed by atoms with Crippen LogP contribution in [0.3, 0.4) is 0 Å². The van der Waals surface area contributed by atoms with Crippen LogP contribution < -0.4 is 4.74 Å². The van der Waals surface area contributed by atoms with Gasteiger partial charge in [0, 0.05) is 0 Å². The maximum absolute atomic E-state index is 6.46. The molecule has 0 bridgehead atoms. The van der Waals surface area contributed by atoms with Crippen molar-refractivity contribution in [1.82, 2.24) is 0 Å². The van der Waals surface area contributed by atoms with Crippen molar-refractivity contribution < 1.29 is 4.74 Å². The van der Waals surface area contributed by atoms with E-state index in [-0.39, 0.29) is 0 Å². The van der Waals surface area contributed by atoms with E-state index in [0.29, 0.717) is 5.02 Å². The van der Waals surface area contributed by atoms with Gasteiger partial charge in [0.15, 0.2) is 0 Å². The minimum Gasteiger partial charge on any atom is -0.492 e. The van der Waals surface area contributed by atoms with Gasteiger partial charge in [-0.2, -0.15) is 0 Å². The van der Waals surface area contributed by atoms with Crippen LogP contribution in [0.25, 0.3) is 11.1 Å². The Bertz CT molecular complexity index is 701. The summed E-state index contributed by atoms with van der Waals surface area (Å²) < 4.78 is 5.85. The zero-order valence-corrected chi connectivity index (χ0v) is 18.1. The van der Waals surface area contributed by atoms with Crippen molar-refractivity contribution in [3.8, 4) is 16.9 Å². The fourth-order valence-corrected chi connectivity index (χ4v) is 4.45. The molecule has 1 fully saturated rings. The largest absolute Gasteiger partial charge is 0.492 e. The number of halogens is 1. The summed E-state index contributed by atoms with van der Waals surface area (Å²) in [7, 11) is 0. The molecule has 3 rings (SSSR count). The summed E-state index contributed by atoms with van der Waals surface area (Å²) in [6.07, 6.45) is 14.6. The number of ether oxygens (including phenoxy) is 1. The molecular weight excluding hydrogens is 364 g/mol. The first-order valence-electron chi connectivity index (χ1n) is 11.3. The Hall–Kier alpha value is -1.47. The predicted molar refractivity (Wildman–Crippen MR) is 121 cm³/mol. The molecule has 0 aromatic heterocycles. The van der Waals surface area contributed by atoms with Gasteiger partial charge in [-0.1, -0.05) is 100 Å². The van der Waals surface area contributed by atoms with E-state index in [1.165, 1.54) is 75.3 Å². The number of benzene rings is 2. The minimum atomic E-state index is 0.703.